The van der Waals surface area contributed by atoms with Crippen LogP contribution in [0.3, 0.4) is 0 Å². The van der Waals surface area contributed by atoms with Gasteiger partial charge >= 0.3 is 0 Å². The number of rotatable bonds is 1. The van der Waals surface area contributed by atoms with Crippen LogP contribution in [-0.4, -0.2) is 22.6 Å². The number of nitrogens with zero attached hydrogens (tertiary/aromatic N) is 2. The molecule has 1 unspecified atom stereocenters. The average Bonchev–Trinajstić information content (AvgIpc) is 2.73. The van der Waals surface area contributed by atoms with Crippen LogP contribution in [0.2, 0.25) is 0 Å². The summed E-state index contributed by atoms with van der Waals surface area (Å²) in [5.41, 5.74) is 5.15. The standard InChI is InChI=1S/C15H21N3/c1-10-6-7-13-14(11(10)2)18(3)15(17-13)12-5-4-8-16-9-12/h6-7,12,16H,4-5,8-9H2,1-3H3. The lowest BCUT2D eigenvalue weighted by molar-refractivity contribution is 0.440. The molecular formula is C15H21N3. The van der Waals surface area contributed by atoms with Crippen molar-refractivity contribution in [1.29, 1.82) is 0 Å². The van der Waals surface area contributed by atoms with Gasteiger partial charge < -0.3 is 9.88 Å². The first-order valence-corrected chi connectivity index (χ1v) is 6.81. The zero-order valence-corrected chi connectivity index (χ0v) is 11.5. The molecule has 0 bridgehead atoms. The number of benzene rings is 1. The van der Waals surface area contributed by atoms with Crippen molar-refractivity contribution < 1.29 is 0 Å². The molecule has 3 nitrogen and oxygen atoms in total. The van der Waals surface area contributed by atoms with Crippen LogP contribution < -0.4 is 5.32 Å². The molecule has 0 spiro atoms. The molecule has 96 valence electrons. The highest BCUT2D eigenvalue weighted by Crippen LogP contribution is 2.28. The third-order valence-corrected chi connectivity index (χ3v) is 4.26. The Kier molecular flexibility index (Phi) is 2.86. The molecule has 0 aliphatic carbocycles. The van der Waals surface area contributed by atoms with Crippen molar-refractivity contribution in [3.8, 4) is 0 Å². The fourth-order valence-corrected chi connectivity index (χ4v) is 3.05. The first-order chi connectivity index (χ1) is 8.68. The molecule has 0 saturated carbocycles. The van der Waals surface area contributed by atoms with E-state index in [0.29, 0.717) is 5.92 Å². The summed E-state index contributed by atoms with van der Waals surface area (Å²) < 4.78 is 2.30. The van der Waals surface area contributed by atoms with Crippen LogP contribution in [0, 0.1) is 13.8 Å². The van der Waals surface area contributed by atoms with Gasteiger partial charge in [0.2, 0.25) is 0 Å². The van der Waals surface area contributed by atoms with Crippen molar-refractivity contribution in [2.24, 2.45) is 7.05 Å². The normalized spacial score (nSPS) is 20.5. The van der Waals surface area contributed by atoms with Gasteiger partial charge in [-0.3, -0.25) is 0 Å². The van der Waals surface area contributed by atoms with Crippen molar-refractivity contribution in [1.82, 2.24) is 14.9 Å². The number of piperidine rings is 1. The molecule has 1 aliphatic rings. The molecule has 1 aromatic carbocycles. The maximum Gasteiger partial charge on any atom is 0.114 e. The zero-order chi connectivity index (χ0) is 12.7. The van der Waals surface area contributed by atoms with Crippen molar-refractivity contribution in [3.05, 3.63) is 29.1 Å². The van der Waals surface area contributed by atoms with Crippen LogP contribution in [0.4, 0.5) is 0 Å². The van der Waals surface area contributed by atoms with E-state index in [9.17, 15) is 0 Å². The first-order valence-electron chi connectivity index (χ1n) is 6.81. The monoisotopic (exact) mass is 243 g/mol. The van der Waals surface area contributed by atoms with E-state index >= 15 is 0 Å². The van der Waals surface area contributed by atoms with Crippen molar-refractivity contribution in [2.45, 2.75) is 32.6 Å². The van der Waals surface area contributed by atoms with E-state index in [4.69, 9.17) is 4.98 Å². The van der Waals surface area contributed by atoms with E-state index in [2.05, 4.69) is 42.9 Å². The molecule has 1 atom stereocenters. The predicted octanol–water partition coefficient (Wildman–Crippen LogP) is 2.66. The third kappa shape index (κ3) is 1.74. The Labute approximate surface area is 108 Å². The summed E-state index contributed by atoms with van der Waals surface area (Å²) in [6.45, 7) is 6.58. The Balaban J connectivity index is 2.13. The summed E-state index contributed by atoms with van der Waals surface area (Å²) in [6.07, 6.45) is 2.51. The van der Waals surface area contributed by atoms with Gasteiger partial charge in [-0.25, -0.2) is 4.98 Å². The molecule has 2 heterocycles. The zero-order valence-electron chi connectivity index (χ0n) is 11.5. The Hall–Kier alpha value is -1.35. The quantitative estimate of drug-likeness (QED) is 0.834. The molecule has 18 heavy (non-hydrogen) atoms. The highest BCUT2D eigenvalue weighted by molar-refractivity contribution is 5.80. The highest BCUT2D eigenvalue weighted by Gasteiger charge is 2.21. The summed E-state index contributed by atoms with van der Waals surface area (Å²) in [7, 11) is 2.16. The van der Waals surface area contributed by atoms with E-state index in [0.717, 1.165) is 18.6 Å². The van der Waals surface area contributed by atoms with Gasteiger partial charge in [0.15, 0.2) is 0 Å². The van der Waals surface area contributed by atoms with Gasteiger partial charge in [0.1, 0.15) is 5.82 Å². The number of aryl methyl sites for hydroxylation is 3. The number of aromatic nitrogens is 2. The molecule has 3 heteroatoms. The van der Waals surface area contributed by atoms with Gasteiger partial charge in [-0.05, 0) is 50.4 Å². The lowest BCUT2D eigenvalue weighted by Crippen LogP contribution is -2.29. The summed E-state index contributed by atoms with van der Waals surface area (Å²) in [5.74, 6) is 1.81. The summed E-state index contributed by atoms with van der Waals surface area (Å²) in [5, 5.41) is 3.48. The fraction of sp³-hybridized carbons (Fsp3) is 0.533. The van der Waals surface area contributed by atoms with E-state index in [1.54, 1.807) is 0 Å². The second kappa shape index (κ2) is 4.39. The van der Waals surface area contributed by atoms with Crippen molar-refractivity contribution >= 4 is 11.0 Å². The first kappa shape index (κ1) is 11.7. The summed E-state index contributed by atoms with van der Waals surface area (Å²) >= 11 is 0. The van der Waals surface area contributed by atoms with Gasteiger partial charge in [0.25, 0.3) is 0 Å². The lowest BCUT2D eigenvalue weighted by atomic mass is 9.99. The predicted molar refractivity (Wildman–Crippen MR) is 75.0 cm³/mol. The molecule has 1 saturated heterocycles. The minimum absolute atomic E-state index is 0.566. The minimum atomic E-state index is 0.566. The Morgan fingerprint density at radius 3 is 2.89 bits per heavy atom. The smallest absolute Gasteiger partial charge is 0.114 e. The topological polar surface area (TPSA) is 29.9 Å². The average molecular weight is 243 g/mol. The Morgan fingerprint density at radius 1 is 1.33 bits per heavy atom. The van der Waals surface area contributed by atoms with E-state index < -0.39 is 0 Å². The summed E-state index contributed by atoms with van der Waals surface area (Å²) in [4.78, 5) is 4.86. The molecule has 2 aromatic rings. The second-order valence-electron chi connectivity index (χ2n) is 5.45. The van der Waals surface area contributed by atoms with Crippen molar-refractivity contribution in [2.75, 3.05) is 13.1 Å². The van der Waals surface area contributed by atoms with E-state index in [-0.39, 0.29) is 0 Å². The van der Waals surface area contributed by atoms with Gasteiger partial charge in [-0.1, -0.05) is 6.07 Å². The molecule has 1 fully saturated rings. The van der Waals surface area contributed by atoms with Crippen LogP contribution in [0.25, 0.3) is 11.0 Å². The largest absolute Gasteiger partial charge is 0.331 e. The maximum atomic E-state index is 4.86. The van der Waals surface area contributed by atoms with Crippen LogP contribution in [0.15, 0.2) is 12.1 Å². The molecular weight excluding hydrogens is 222 g/mol. The van der Waals surface area contributed by atoms with Crippen LogP contribution >= 0.6 is 0 Å². The van der Waals surface area contributed by atoms with Gasteiger partial charge in [-0.2, -0.15) is 0 Å². The van der Waals surface area contributed by atoms with Crippen LogP contribution in [0.1, 0.15) is 35.7 Å². The Bertz CT molecular complexity index is 577. The van der Waals surface area contributed by atoms with Crippen molar-refractivity contribution in [3.63, 3.8) is 0 Å². The van der Waals surface area contributed by atoms with E-state index in [1.807, 2.05) is 0 Å². The molecule has 0 radical (unpaired) electrons. The molecule has 1 aliphatic heterocycles. The fourth-order valence-electron chi connectivity index (χ4n) is 3.05. The van der Waals surface area contributed by atoms with Gasteiger partial charge in [0, 0.05) is 19.5 Å². The number of hydrogen-bond acceptors (Lipinski definition) is 2. The van der Waals surface area contributed by atoms with Gasteiger partial charge in [0.05, 0.1) is 11.0 Å². The number of fused-ring (bicyclic) bond motifs is 1. The molecule has 3 rings (SSSR count). The highest BCUT2D eigenvalue weighted by atomic mass is 15.1. The SMILES string of the molecule is Cc1ccc2nc(C3CCCNC3)n(C)c2c1C. The molecule has 1 aromatic heterocycles. The third-order valence-electron chi connectivity index (χ3n) is 4.26. The lowest BCUT2D eigenvalue weighted by Gasteiger charge is -2.22. The maximum absolute atomic E-state index is 4.86. The second-order valence-corrected chi connectivity index (χ2v) is 5.45. The van der Waals surface area contributed by atoms with E-state index in [1.165, 1.54) is 35.3 Å². The summed E-state index contributed by atoms with van der Waals surface area (Å²) in [6, 6.07) is 4.32. The molecule has 0 amide bonds. The Morgan fingerprint density at radius 2 is 2.17 bits per heavy atom. The molecule has 1 N–H and O–H groups in total. The van der Waals surface area contributed by atoms with Gasteiger partial charge in [-0.15, -0.1) is 0 Å². The van der Waals surface area contributed by atoms with Crippen LogP contribution in [-0.2, 0) is 7.05 Å². The van der Waals surface area contributed by atoms with Crippen LogP contribution in [0.5, 0.6) is 0 Å². The number of nitrogens with one attached hydrogen (secondary N) is 1. The minimum Gasteiger partial charge on any atom is -0.331 e. The number of hydrogen-bond donors (Lipinski definition) is 1. The number of imidazole rings is 1.